The topological polar surface area (TPSA) is 60.6 Å². The van der Waals surface area contributed by atoms with Crippen molar-refractivity contribution in [2.24, 2.45) is 5.92 Å². The summed E-state index contributed by atoms with van der Waals surface area (Å²) < 4.78 is 16.1. The second-order valence-electron chi connectivity index (χ2n) is 8.27. The smallest absolute Gasteiger partial charge is 0.238 e. The third-order valence-corrected chi connectivity index (χ3v) is 5.59. The lowest BCUT2D eigenvalue weighted by Crippen LogP contribution is -2.20. The van der Waals surface area contributed by atoms with Crippen LogP contribution in [0.1, 0.15) is 58.7 Å². The van der Waals surface area contributed by atoms with Gasteiger partial charge in [-0.2, -0.15) is 0 Å². The minimum absolute atomic E-state index is 0.104. The summed E-state index contributed by atoms with van der Waals surface area (Å²) in [7, 11) is 4.76. The van der Waals surface area contributed by atoms with Crippen LogP contribution in [0.4, 0.5) is 0 Å². The van der Waals surface area contributed by atoms with Crippen molar-refractivity contribution in [3.05, 3.63) is 68.6 Å². The molecule has 1 heterocycles. The summed E-state index contributed by atoms with van der Waals surface area (Å²) in [5.74, 6) is 0.871. The van der Waals surface area contributed by atoms with Gasteiger partial charge >= 0.3 is 0 Å². The number of H-pyrrole nitrogens is 1. The maximum Gasteiger partial charge on any atom is 0.238 e. The molecule has 1 rings (SSSR count). The van der Waals surface area contributed by atoms with Gasteiger partial charge in [0.2, 0.25) is 17.1 Å². The van der Waals surface area contributed by atoms with Crippen LogP contribution in [0.3, 0.4) is 0 Å². The Bertz CT molecular complexity index is 918. The van der Waals surface area contributed by atoms with Crippen LogP contribution in [0, 0.1) is 12.8 Å². The van der Waals surface area contributed by atoms with Crippen molar-refractivity contribution < 1.29 is 14.2 Å². The van der Waals surface area contributed by atoms with Crippen molar-refractivity contribution in [1.29, 1.82) is 0 Å². The summed E-state index contributed by atoms with van der Waals surface area (Å²) in [5.41, 5.74) is 5.07. The number of allylic oxidation sites excluding steroid dienone is 6. The Morgan fingerprint density at radius 3 is 2.34 bits per heavy atom. The largest absolute Gasteiger partial charge is 0.488 e. The lowest BCUT2D eigenvalue weighted by atomic mass is 9.95. The van der Waals surface area contributed by atoms with E-state index in [0.717, 1.165) is 18.5 Å². The van der Waals surface area contributed by atoms with E-state index >= 15 is 0 Å². The molecule has 0 unspecified atom stereocenters. The SMILES string of the molecule is CC/C=C(\C)[C@@H](OC)[C@@H](C)/C=C(C)/C=C/C/C(C)=C/Cc1[nH]c(OC)c(OC)c(=O)c1C. The van der Waals surface area contributed by atoms with Crippen molar-refractivity contribution in [1.82, 2.24) is 4.98 Å². The van der Waals surface area contributed by atoms with E-state index in [9.17, 15) is 4.79 Å². The molecule has 5 nitrogen and oxygen atoms in total. The third-order valence-electron chi connectivity index (χ3n) is 5.59. The first-order valence-corrected chi connectivity index (χ1v) is 11.2. The van der Waals surface area contributed by atoms with Crippen molar-refractivity contribution in [3.8, 4) is 11.6 Å². The second-order valence-corrected chi connectivity index (χ2v) is 8.27. The van der Waals surface area contributed by atoms with Crippen LogP contribution in [-0.2, 0) is 11.2 Å². The van der Waals surface area contributed by atoms with Gasteiger partial charge < -0.3 is 19.2 Å². The Morgan fingerprint density at radius 2 is 1.78 bits per heavy atom. The standard InChI is InChI=1S/C27H41NO4/c1-10-12-20(4)25(30-7)21(5)17-19(3)14-11-13-18(2)15-16-23-22(6)24(29)26(31-8)27(28-23)32-9/h11-12,14-15,17,21,25H,10,13,16H2,1-9H3,(H,28,29)/b14-11+,18-15+,19-17+,20-12+/t21-,25+/m0/s1. The predicted octanol–water partition coefficient (Wildman–Crippen LogP) is 6.09. The molecule has 0 bridgehead atoms. The summed E-state index contributed by atoms with van der Waals surface area (Å²) in [6.45, 7) is 12.5. The van der Waals surface area contributed by atoms with Gasteiger partial charge in [-0.3, -0.25) is 4.79 Å². The number of hydrogen-bond acceptors (Lipinski definition) is 4. The fourth-order valence-corrected chi connectivity index (χ4v) is 3.83. The van der Waals surface area contributed by atoms with Gasteiger partial charge in [0.25, 0.3) is 0 Å². The highest BCUT2D eigenvalue weighted by molar-refractivity contribution is 5.40. The van der Waals surface area contributed by atoms with Gasteiger partial charge in [-0.05, 0) is 46.1 Å². The molecule has 0 amide bonds. The molecule has 32 heavy (non-hydrogen) atoms. The van der Waals surface area contributed by atoms with E-state index in [1.165, 1.54) is 30.9 Å². The average Bonchev–Trinajstić information content (AvgIpc) is 2.75. The predicted molar refractivity (Wildman–Crippen MR) is 134 cm³/mol. The lowest BCUT2D eigenvalue weighted by molar-refractivity contribution is 0.103. The summed E-state index contributed by atoms with van der Waals surface area (Å²) in [5, 5.41) is 0. The highest BCUT2D eigenvalue weighted by Gasteiger charge is 2.16. The van der Waals surface area contributed by atoms with Gasteiger partial charge in [-0.15, -0.1) is 0 Å². The molecule has 1 aromatic rings. The van der Waals surface area contributed by atoms with E-state index in [-0.39, 0.29) is 17.3 Å². The highest BCUT2D eigenvalue weighted by atomic mass is 16.5. The minimum Gasteiger partial charge on any atom is -0.488 e. The average molecular weight is 444 g/mol. The minimum atomic E-state index is -0.141. The molecule has 0 radical (unpaired) electrons. The van der Waals surface area contributed by atoms with Crippen molar-refractivity contribution in [2.75, 3.05) is 21.3 Å². The maximum absolute atomic E-state index is 12.5. The Balaban J connectivity index is 2.82. The zero-order valence-electron chi connectivity index (χ0n) is 21.3. The first-order valence-electron chi connectivity index (χ1n) is 11.2. The van der Waals surface area contributed by atoms with Gasteiger partial charge in [0.1, 0.15) is 0 Å². The van der Waals surface area contributed by atoms with E-state index < -0.39 is 0 Å². The summed E-state index contributed by atoms with van der Waals surface area (Å²) in [6.07, 6.45) is 13.5. The Kier molecular flexibility index (Phi) is 11.9. The first-order chi connectivity index (χ1) is 15.2. The quantitative estimate of drug-likeness (QED) is 0.314. The third kappa shape index (κ3) is 7.86. The van der Waals surface area contributed by atoms with Crippen LogP contribution in [0.15, 0.2) is 51.9 Å². The highest BCUT2D eigenvalue weighted by Crippen LogP contribution is 2.22. The Labute approximate surface area is 193 Å². The molecular formula is C27H41NO4. The zero-order valence-corrected chi connectivity index (χ0v) is 21.3. The molecule has 0 spiro atoms. The van der Waals surface area contributed by atoms with Gasteiger partial charge in [0.05, 0.1) is 20.3 Å². The Hall–Kier alpha value is -2.53. The molecule has 0 aliphatic rings. The van der Waals surface area contributed by atoms with E-state index in [1.807, 2.05) is 0 Å². The van der Waals surface area contributed by atoms with Crippen LogP contribution in [0.25, 0.3) is 0 Å². The number of aromatic amines is 1. The molecule has 2 atom stereocenters. The monoisotopic (exact) mass is 443 g/mol. The molecule has 0 saturated carbocycles. The van der Waals surface area contributed by atoms with Gasteiger partial charge in [0, 0.05) is 30.7 Å². The molecule has 0 fully saturated rings. The van der Waals surface area contributed by atoms with E-state index in [4.69, 9.17) is 14.2 Å². The summed E-state index contributed by atoms with van der Waals surface area (Å²) in [6, 6.07) is 0. The maximum atomic E-state index is 12.5. The number of methoxy groups -OCH3 is 3. The van der Waals surface area contributed by atoms with Gasteiger partial charge in [0.15, 0.2) is 0 Å². The van der Waals surface area contributed by atoms with Crippen molar-refractivity contribution in [2.45, 2.75) is 66.9 Å². The van der Waals surface area contributed by atoms with Crippen LogP contribution in [0.2, 0.25) is 0 Å². The fourth-order valence-electron chi connectivity index (χ4n) is 3.83. The normalized spacial score (nSPS) is 15.2. The van der Waals surface area contributed by atoms with Crippen LogP contribution in [-0.4, -0.2) is 32.4 Å². The molecular weight excluding hydrogens is 402 g/mol. The number of hydrogen-bond donors (Lipinski definition) is 1. The Morgan fingerprint density at radius 1 is 1.09 bits per heavy atom. The number of aromatic nitrogens is 1. The molecule has 0 aliphatic heterocycles. The number of nitrogens with one attached hydrogen (secondary N) is 1. The zero-order chi connectivity index (χ0) is 24.3. The van der Waals surface area contributed by atoms with Crippen molar-refractivity contribution >= 4 is 0 Å². The van der Waals surface area contributed by atoms with Gasteiger partial charge in [-0.25, -0.2) is 0 Å². The van der Waals surface area contributed by atoms with Crippen LogP contribution < -0.4 is 14.9 Å². The number of rotatable bonds is 12. The lowest BCUT2D eigenvalue weighted by Gasteiger charge is -2.21. The molecule has 178 valence electrons. The number of pyridine rings is 1. The van der Waals surface area contributed by atoms with E-state index in [1.54, 1.807) is 14.0 Å². The summed E-state index contributed by atoms with van der Waals surface area (Å²) >= 11 is 0. The first kappa shape index (κ1) is 27.5. The van der Waals surface area contributed by atoms with E-state index in [0.29, 0.717) is 23.8 Å². The molecule has 0 saturated heterocycles. The second kappa shape index (κ2) is 13.8. The van der Waals surface area contributed by atoms with Crippen molar-refractivity contribution in [3.63, 3.8) is 0 Å². The molecule has 0 aromatic carbocycles. The molecule has 0 aliphatic carbocycles. The summed E-state index contributed by atoms with van der Waals surface area (Å²) in [4.78, 5) is 15.6. The molecule has 5 heteroatoms. The van der Waals surface area contributed by atoms with Crippen LogP contribution >= 0.6 is 0 Å². The van der Waals surface area contributed by atoms with E-state index in [2.05, 4.69) is 70.0 Å². The molecule has 1 N–H and O–H groups in total. The fraction of sp³-hybridized carbons (Fsp3) is 0.519. The number of ether oxygens (including phenoxy) is 3. The molecule has 1 aromatic heterocycles. The van der Waals surface area contributed by atoms with Crippen LogP contribution in [0.5, 0.6) is 11.6 Å². The van der Waals surface area contributed by atoms with Gasteiger partial charge in [-0.1, -0.05) is 55.4 Å².